The van der Waals surface area contributed by atoms with Crippen molar-refractivity contribution in [2.24, 2.45) is 0 Å². The van der Waals surface area contributed by atoms with E-state index < -0.39 is 0 Å². The lowest BCUT2D eigenvalue weighted by molar-refractivity contribution is 1.18. The number of hydrogen-bond donors (Lipinski definition) is 0. The third-order valence-corrected chi connectivity index (χ3v) is 10.8. The second-order valence-electron chi connectivity index (χ2n) is 14.5. The molecule has 0 unspecified atom stereocenters. The Labute approximate surface area is 348 Å². The zero-order valence-corrected chi connectivity index (χ0v) is 32.4. The van der Waals surface area contributed by atoms with Gasteiger partial charge >= 0.3 is 0 Å². The summed E-state index contributed by atoms with van der Waals surface area (Å²) in [4.78, 5) is 20.5. The predicted molar refractivity (Wildman–Crippen MR) is 243 cm³/mol. The molecule has 0 aliphatic carbocycles. The summed E-state index contributed by atoms with van der Waals surface area (Å²) in [5.74, 6) is 1.33. The van der Waals surface area contributed by atoms with Crippen LogP contribution in [-0.4, -0.2) is 19.9 Å². The van der Waals surface area contributed by atoms with Gasteiger partial charge < -0.3 is 0 Å². The number of benzene rings is 8. The van der Waals surface area contributed by atoms with Crippen LogP contribution in [0.5, 0.6) is 0 Å². The maximum absolute atomic E-state index is 9.88. The van der Waals surface area contributed by atoms with Crippen molar-refractivity contribution in [2.75, 3.05) is 0 Å². The second kappa shape index (κ2) is 15.9. The van der Waals surface area contributed by atoms with E-state index in [1.165, 1.54) is 0 Å². The van der Waals surface area contributed by atoms with E-state index in [0.29, 0.717) is 17.2 Å². The molecule has 0 saturated heterocycles. The Kier molecular flexibility index (Phi) is 9.55. The second-order valence-corrected chi connectivity index (χ2v) is 14.5. The zero-order valence-electron chi connectivity index (χ0n) is 32.4. The molecule has 0 aliphatic rings. The molecule has 0 spiro atoms. The van der Waals surface area contributed by atoms with Crippen LogP contribution in [0.3, 0.4) is 0 Å². The molecule has 5 heteroatoms. The largest absolute Gasteiger partial charge is 0.228 e. The van der Waals surface area contributed by atoms with Gasteiger partial charge in [0.2, 0.25) is 0 Å². The van der Waals surface area contributed by atoms with Gasteiger partial charge in [0.1, 0.15) is 0 Å². The molecule has 5 nitrogen and oxygen atoms in total. The molecule has 0 bridgehead atoms. The molecule has 2 heterocycles. The first-order valence-electron chi connectivity index (χ1n) is 19.9. The summed E-state index contributed by atoms with van der Waals surface area (Å²) in [5.41, 5.74) is 15.0. The molecule has 10 aromatic rings. The standard InChI is InChI=1S/C55H35N5/c56-36-43-21-7-8-26-44(43)39-22-15-24-41(33-39)51-35-52(59-54(58-51)37-17-3-1-4-18-37)48-30-12-11-29-47(48)46-28-10-9-27-45(46)40-23-16-25-42(34-40)53-49-31-13-14-32-50(49)57-55(60-53)38-19-5-2-6-20-38/h1-35H. The lowest BCUT2D eigenvalue weighted by Crippen LogP contribution is -1.98. The first kappa shape index (κ1) is 36.0. The Morgan fingerprint density at radius 2 is 0.800 bits per heavy atom. The van der Waals surface area contributed by atoms with E-state index in [1.807, 2.05) is 97.1 Å². The minimum Gasteiger partial charge on any atom is -0.228 e. The van der Waals surface area contributed by atoms with Crippen LogP contribution in [0.1, 0.15) is 5.56 Å². The number of aromatic nitrogens is 4. The number of para-hydroxylation sites is 1. The van der Waals surface area contributed by atoms with Crippen molar-refractivity contribution in [1.29, 1.82) is 5.26 Å². The molecule has 8 aromatic carbocycles. The molecular formula is C55H35N5. The molecule has 0 N–H and O–H groups in total. The molecule has 0 atom stereocenters. The van der Waals surface area contributed by atoms with Crippen LogP contribution in [0.25, 0.3) is 101 Å². The van der Waals surface area contributed by atoms with Crippen molar-refractivity contribution in [3.8, 4) is 96.0 Å². The van der Waals surface area contributed by atoms with Crippen molar-refractivity contribution in [3.05, 3.63) is 218 Å². The summed E-state index contributed by atoms with van der Waals surface area (Å²) in [6, 6.07) is 74.5. The predicted octanol–water partition coefficient (Wildman–Crippen LogP) is 13.6. The highest BCUT2D eigenvalue weighted by Gasteiger charge is 2.18. The van der Waals surface area contributed by atoms with E-state index in [1.54, 1.807) is 0 Å². The first-order valence-corrected chi connectivity index (χ1v) is 19.9. The fraction of sp³-hybridized carbons (Fsp3) is 0. The lowest BCUT2D eigenvalue weighted by Gasteiger charge is -2.16. The third kappa shape index (κ3) is 7.00. The Morgan fingerprint density at radius 3 is 1.52 bits per heavy atom. The third-order valence-electron chi connectivity index (χ3n) is 10.8. The van der Waals surface area contributed by atoms with Crippen LogP contribution in [0.2, 0.25) is 0 Å². The van der Waals surface area contributed by atoms with Gasteiger partial charge in [0.25, 0.3) is 0 Å². The molecule has 280 valence electrons. The van der Waals surface area contributed by atoms with Crippen LogP contribution in [-0.2, 0) is 0 Å². The summed E-state index contributed by atoms with van der Waals surface area (Å²) in [6.45, 7) is 0. The van der Waals surface area contributed by atoms with Gasteiger partial charge in [-0.1, -0.05) is 182 Å². The summed E-state index contributed by atoms with van der Waals surface area (Å²) in [6.07, 6.45) is 0. The molecule has 0 fully saturated rings. The van der Waals surface area contributed by atoms with Gasteiger partial charge in [-0.15, -0.1) is 0 Å². The Hall–Kier alpha value is -8.33. The number of hydrogen-bond acceptors (Lipinski definition) is 5. The van der Waals surface area contributed by atoms with Gasteiger partial charge in [0.05, 0.1) is 34.2 Å². The summed E-state index contributed by atoms with van der Waals surface area (Å²) in [7, 11) is 0. The van der Waals surface area contributed by atoms with Crippen LogP contribution in [0.15, 0.2) is 212 Å². The van der Waals surface area contributed by atoms with Gasteiger partial charge in [-0.3, -0.25) is 0 Å². The summed E-state index contributed by atoms with van der Waals surface area (Å²) >= 11 is 0. The van der Waals surface area contributed by atoms with Crippen LogP contribution < -0.4 is 0 Å². The number of fused-ring (bicyclic) bond motifs is 1. The van der Waals surface area contributed by atoms with Gasteiger partial charge in [-0.05, 0) is 63.7 Å². The van der Waals surface area contributed by atoms with Crippen molar-refractivity contribution in [2.45, 2.75) is 0 Å². The maximum atomic E-state index is 9.88. The summed E-state index contributed by atoms with van der Waals surface area (Å²) < 4.78 is 0. The lowest BCUT2D eigenvalue weighted by atomic mass is 9.89. The van der Waals surface area contributed by atoms with Gasteiger partial charge in [-0.2, -0.15) is 5.26 Å². The average Bonchev–Trinajstić information content (AvgIpc) is 3.34. The monoisotopic (exact) mass is 765 g/mol. The fourth-order valence-electron chi connectivity index (χ4n) is 7.89. The van der Waals surface area contributed by atoms with Crippen LogP contribution in [0.4, 0.5) is 0 Å². The van der Waals surface area contributed by atoms with Gasteiger partial charge in [0.15, 0.2) is 11.6 Å². The number of nitriles is 1. The molecule has 0 aliphatic heterocycles. The number of rotatable bonds is 8. The van der Waals surface area contributed by atoms with Crippen molar-refractivity contribution in [3.63, 3.8) is 0 Å². The highest BCUT2D eigenvalue weighted by Crippen LogP contribution is 2.41. The molecule has 10 rings (SSSR count). The van der Waals surface area contributed by atoms with Crippen molar-refractivity contribution in [1.82, 2.24) is 19.9 Å². The van der Waals surface area contributed by atoms with Crippen molar-refractivity contribution >= 4 is 10.9 Å². The highest BCUT2D eigenvalue weighted by molar-refractivity contribution is 5.96. The molecule has 60 heavy (non-hydrogen) atoms. The quantitative estimate of drug-likeness (QED) is 0.154. The highest BCUT2D eigenvalue weighted by atomic mass is 14.9. The summed E-state index contributed by atoms with van der Waals surface area (Å²) in [5, 5.41) is 10.9. The zero-order chi connectivity index (χ0) is 40.3. The molecule has 0 saturated carbocycles. The smallest absolute Gasteiger partial charge is 0.160 e. The normalized spacial score (nSPS) is 11.0. The van der Waals surface area contributed by atoms with Crippen molar-refractivity contribution < 1.29 is 0 Å². The Bertz CT molecular complexity index is 3220. The minimum absolute atomic E-state index is 0.628. The van der Waals surface area contributed by atoms with Crippen LogP contribution in [0, 0.1) is 11.3 Å². The van der Waals surface area contributed by atoms with Gasteiger partial charge in [-0.25, -0.2) is 19.9 Å². The van der Waals surface area contributed by atoms with E-state index in [0.717, 1.165) is 89.2 Å². The maximum Gasteiger partial charge on any atom is 0.160 e. The average molecular weight is 766 g/mol. The van der Waals surface area contributed by atoms with E-state index in [-0.39, 0.29) is 0 Å². The minimum atomic E-state index is 0.628. The molecule has 2 aromatic heterocycles. The van der Waals surface area contributed by atoms with E-state index in [9.17, 15) is 5.26 Å². The SMILES string of the molecule is N#Cc1ccccc1-c1cccc(-c2cc(-c3ccccc3-c3ccccc3-c3cccc(-c4nc(-c5ccccc5)nc5ccccc45)c3)nc(-c3ccccc3)n2)c1. The molecular weight excluding hydrogens is 731 g/mol. The first-order chi connectivity index (χ1) is 29.7. The van der Waals surface area contributed by atoms with E-state index >= 15 is 0 Å². The Balaban J connectivity index is 1.11. The van der Waals surface area contributed by atoms with Gasteiger partial charge in [0, 0.05) is 33.2 Å². The molecule has 0 amide bonds. The topological polar surface area (TPSA) is 75.3 Å². The fourth-order valence-corrected chi connectivity index (χ4v) is 7.89. The van der Waals surface area contributed by atoms with E-state index in [4.69, 9.17) is 19.9 Å². The Morgan fingerprint density at radius 1 is 0.317 bits per heavy atom. The van der Waals surface area contributed by atoms with E-state index in [2.05, 4.69) is 121 Å². The van der Waals surface area contributed by atoms with Crippen LogP contribution >= 0.6 is 0 Å². The molecule has 0 radical (unpaired) electrons. The number of nitrogens with zero attached hydrogens (tertiary/aromatic N) is 5.